The number of benzene rings is 1. The van der Waals surface area contributed by atoms with Gasteiger partial charge in [-0.2, -0.15) is 0 Å². The summed E-state index contributed by atoms with van der Waals surface area (Å²) in [7, 11) is 0. The molecule has 0 aliphatic heterocycles. The van der Waals surface area contributed by atoms with Crippen molar-refractivity contribution in [3.05, 3.63) is 35.9 Å². The monoisotopic (exact) mass is 231 g/mol. The van der Waals surface area contributed by atoms with Gasteiger partial charge >= 0.3 is 0 Å². The van der Waals surface area contributed by atoms with E-state index in [4.69, 9.17) is 0 Å². The van der Waals surface area contributed by atoms with Gasteiger partial charge in [-0.25, -0.2) is 0 Å². The fourth-order valence-electron chi connectivity index (χ4n) is 2.98. The topological polar surface area (TPSA) is 12.0 Å². The number of hydrogen-bond donors (Lipinski definition) is 1. The van der Waals surface area contributed by atoms with Crippen molar-refractivity contribution < 1.29 is 0 Å². The lowest BCUT2D eigenvalue weighted by Crippen LogP contribution is -2.44. The van der Waals surface area contributed by atoms with Crippen LogP contribution in [0.25, 0.3) is 0 Å². The Morgan fingerprint density at radius 1 is 1.06 bits per heavy atom. The van der Waals surface area contributed by atoms with Crippen molar-refractivity contribution in [2.24, 2.45) is 0 Å². The van der Waals surface area contributed by atoms with E-state index in [1.807, 2.05) is 0 Å². The van der Waals surface area contributed by atoms with Gasteiger partial charge in [-0.15, -0.1) is 0 Å². The van der Waals surface area contributed by atoms with Crippen molar-refractivity contribution in [3.8, 4) is 0 Å². The molecule has 1 saturated carbocycles. The first-order valence-corrected chi connectivity index (χ1v) is 7.18. The van der Waals surface area contributed by atoms with E-state index in [2.05, 4.69) is 42.6 Å². The summed E-state index contributed by atoms with van der Waals surface area (Å²) in [5, 5.41) is 3.85. The van der Waals surface area contributed by atoms with Crippen LogP contribution in [0.15, 0.2) is 30.3 Å². The average molecular weight is 231 g/mol. The average Bonchev–Trinajstić information content (AvgIpc) is 2.41. The highest BCUT2D eigenvalue weighted by atomic mass is 15.0. The summed E-state index contributed by atoms with van der Waals surface area (Å²) < 4.78 is 0. The van der Waals surface area contributed by atoms with Crippen molar-refractivity contribution in [1.82, 2.24) is 5.32 Å². The molecule has 2 rings (SSSR count). The molecule has 1 aliphatic rings. The van der Waals surface area contributed by atoms with E-state index < -0.39 is 0 Å². The predicted octanol–water partition coefficient (Wildman–Crippen LogP) is 4.24. The van der Waals surface area contributed by atoms with Crippen LogP contribution in [0.1, 0.15) is 57.4 Å². The van der Waals surface area contributed by atoms with Crippen LogP contribution < -0.4 is 5.32 Å². The Labute approximate surface area is 106 Å². The van der Waals surface area contributed by atoms with E-state index in [9.17, 15) is 0 Å². The van der Waals surface area contributed by atoms with Gasteiger partial charge < -0.3 is 5.32 Å². The zero-order chi connectivity index (χ0) is 12.0. The van der Waals surface area contributed by atoms with Gasteiger partial charge in [-0.05, 0) is 31.4 Å². The van der Waals surface area contributed by atoms with E-state index >= 15 is 0 Å². The van der Waals surface area contributed by atoms with Crippen LogP contribution in [0, 0.1) is 0 Å². The Hall–Kier alpha value is -0.820. The molecule has 0 atom stereocenters. The van der Waals surface area contributed by atoms with E-state index in [1.54, 1.807) is 0 Å². The second-order valence-electron chi connectivity index (χ2n) is 5.29. The summed E-state index contributed by atoms with van der Waals surface area (Å²) in [4.78, 5) is 0. The lowest BCUT2D eigenvalue weighted by Gasteiger charge is -2.39. The summed E-state index contributed by atoms with van der Waals surface area (Å²) >= 11 is 0. The summed E-state index contributed by atoms with van der Waals surface area (Å²) in [6.45, 7) is 3.42. The molecule has 17 heavy (non-hydrogen) atoms. The molecule has 1 N–H and O–H groups in total. The number of rotatable bonds is 5. The molecule has 94 valence electrons. The molecule has 0 spiro atoms. The second-order valence-corrected chi connectivity index (χ2v) is 5.29. The van der Waals surface area contributed by atoms with Crippen LogP contribution in [0.4, 0.5) is 0 Å². The van der Waals surface area contributed by atoms with Crippen LogP contribution in [0.5, 0.6) is 0 Å². The van der Waals surface area contributed by atoms with Crippen LogP contribution in [0.2, 0.25) is 0 Å². The Bertz CT molecular complexity index is 312. The van der Waals surface area contributed by atoms with Gasteiger partial charge in [0, 0.05) is 5.54 Å². The molecule has 1 aliphatic carbocycles. The molecule has 0 unspecified atom stereocenters. The molecule has 0 heterocycles. The third kappa shape index (κ3) is 3.10. The molecular formula is C16H25N. The predicted molar refractivity (Wildman–Crippen MR) is 74.1 cm³/mol. The van der Waals surface area contributed by atoms with Crippen molar-refractivity contribution in [2.75, 3.05) is 6.54 Å². The summed E-state index contributed by atoms with van der Waals surface area (Å²) in [5.41, 5.74) is 1.77. The first kappa shape index (κ1) is 12.6. The largest absolute Gasteiger partial charge is 0.307 e. The SMILES string of the molecule is CCCCNC1(c2ccccc2)CCCCC1. The first-order chi connectivity index (χ1) is 8.37. The van der Waals surface area contributed by atoms with Crippen LogP contribution in [-0.4, -0.2) is 6.54 Å². The molecule has 0 radical (unpaired) electrons. The standard InChI is InChI=1S/C16H25N/c1-2-3-14-17-16(12-8-5-9-13-16)15-10-6-4-7-11-15/h4,6-7,10-11,17H,2-3,5,8-9,12-14H2,1H3. The molecule has 1 fully saturated rings. The first-order valence-electron chi connectivity index (χ1n) is 7.18. The smallest absolute Gasteiger partial charge is 0.0434 e. The lowest BCUT2D eigenvalue weighted by atomic mass is 9.76. The summed E-state index contributed by atoms with van der Waals surface area (Å²) in [5.74, 6) is 0. The number of nitrogens with one attached hydrogen (secondary N) is 1. The third-order valence-corrected chi connectivity index (χ3v) is 4.03. The Balaban J connectivity index is 2.11. The van der Waals surface area contributed by atoms with Gasteiger partial charge in [0.2, 0.25) is 0 Å². The van der Waals surface area contributed by atoms with Crippen LogP contribution in [0.3, 0.4) is 0 Å². The Kier molecular flexibility index (Phi) is 4.61. The molecule has 1 aromatic rings. The summed E-state index contributed by atoms with van der Waals surface area (Å²) in [6, 6.07) is 11.1. The molecule has 0 bridgehead atoms. The maximum absolute atomic E-state index is 3.85. The van der Waals surface area contributed by atoms with Crippen LogP contribution in [-0.2, 0) is 5.54 Å². The van der Waals surface area contributed by atoms with Gasteiger partial charge in [-0.1, -0.05) is 62.9 Å². The van der Waals surface area contributed by atoms with Crippen molar-refractivity contribution in [2.45, 2.75) is 57.4 Å². The lowest BCUT2D eigenvalue weighted by molar-refractivity contribution is 0.233. The minimum absolute atomic E-state index is 0.272. The second kappa shape index (κ2) is 6.20. The van der Waals surface area contributed by atoms with E-state index in [0.717, 1.165) is 6.54 Å². The van der Waals surface area contributed by atoms with Crippen LogP contribution >= 0.6 is 0 Å². The highest BCUT2D eigenvalue weighted by molar-refractivity contribution is 5.25. The van der Waals surface area contributed by atoms with Crippen molar-refractivity contribution in [3.63, 3.8) is 0 Å². The normalized spacial score (nSPS) is 19.1. The van der Waals surface area contributed by atoms with Gasteiger partial charge in [0.15, 0.2) is 0 Å². The third-order valence-electron chi connectivity index (χ3n) is 4.03. The maximum Gasteiger partial charge on any atom is 0.0434 e. The van der Waals surface area contributed by atoms with Gasteiger partial charge in [-0.3, -0.25) is 0 Å². The van der Waals surface area contributed by atoms with E-state index in [0.29, 0.717) is 0 Å². The number of unbranched alkanes of at least 4 members (excludes halogenated alkanes) is 1. The fraction of sp³-hybridized carbons (Fsp3) is 0.625. The maximum atomic E-state index is 3.85. The highest BCUT2D eigenvalue weighted by Gasteiger charge is 2.32. The highest BCUT2D eigenvalue weighted by Crippen LogP contribution is 2.36. The fourth-order valence-corrected chi connectivity index (χ4v) is 2.98. The molecular weight excluding hydrogens is 206 g/mol. The van der Waals surface area contributed by atoms with E-state index in [1.165, 1.54) is 50.5 Å². The Morgan fingerprint density at radius 3 is 2.41 bits per heavy atom. The molecule has 1 nitrogen and oxygen atoms in total. The minimum atomic E-state index is 0.272. The Morgan fingerprint density at radius 2 is 1.76 bits per heavy atom. The van der Waals surface area contributed by atoms with Gasteiger partial charge in [0.1, 0.15) is 0 Å². The molecule has 1 heteroatoms. The zero-order valence-electron chi connectivity index (χ0n) is 11.0. The van der Waals surface area contributed by atoms with E-state index in [-0.39, 0.29) is 5.54 Å². The van der Waals surface area contributed by atoms with Gasteiger partial charge in [0.25, 0.3) is 0 Å². The van der Waals surface area contributed by atoms with Crippen molar-refractivity contribution >= 4 is 0 Å². The molecule has 1 aromatic carbocycles. The quantitative estimate of drug-likeness (QED) is 0.748. The summed E-state index contributed by atoms with van der Waals surface area (Å²) in [6.07, 6.45) is 9.32. The van der Waals surface area contributed by atoms with Gasteiger partial charge in [0.05, 0.1) is 0 Å². The zero-order valence-corrected chi connectivity index (χ0v) is 11.0. The molecule has 0 amide bonds. The molecule has 0 aromatic heterocycles. The number of hydrogen-bond acceptors (Lipinski definition) is 1. The van der Waals surface area contributed by atoms with Crippen molar-refractivity contribution in [1.29, 1.82) is 0 Å². The molecule has 0 saturated heterocycles. The minimum Gasteiger partial charge on any atom is -0.307 e.